The molecule has 0 radical (unpaired) electrons. The number of carbonyl (C=O) groups excluding carboxylic acids is 4. The van der Waals surface area contributed by atoms with Crippen LogP contribution in [0.4, 0.5) is 4.79 Å². The van der Waals surface area contributed by atoms with Crippen LogP contribution in [-0.4, -0.2) is 97.7 Å². The number of carbonyl (C=O) groups is 4. The van der Waals surface area contributed by atoms with E-state index in [0.717, 1.165) is 12.0 Å². The number of primary amides is 1. The summed E-state index contributed by atoms with van der Waals surface area (Å²) in [6.45, 7) is 12.6. The molecule has 4 atom stereocenters. The third-order valence-electron chi connectivity index (χ3n) is 10.4. The average Bonchev–Trinajstić information content (AvgIpc) is 3.74. The largest absolute Gasteiger partial charge is 0.493 e. The molecule has 3 rings (SSSR count). The maximum absolute atomic E-state index is 13.7. The molecule has 0 saturated carbocycles. The van der Waals surface area contributed by atoms with Crippen LogP contribution in [0.3, 0.4) is 0 Å². The van der Waals surface area contributed by atoms with E-state index < -0.39 is 35.5 Å². The van der Waals surface area contributed by atoms with Gasteiger partial charge in [-0.25, -0.2) is 14.6 Å². The quantitative estimate of drug-likeness (QED) is 0.111. The number of hydrogen-bond acceptors (Lipinski definition) is 11. The van der Waals surface area contributed by atoms with Crippen LogP contribution < -0.4 is 15.2 Å². The lowest BCUT2D eigenvalue weighted by Gasteiger charge is -2.33. The number of aryl methyl sites for hydroxylation is 1. The summed E-state index contributed by atoms with van der Waals surface area (Å²) in [6.07, 6.45) is 4.83. The van der Waals surface area contributed by atoms with Crippen molar-refractivity contribution in [2.45, 2.75) is 92.2 Å². The lowest BCUT2D eigenvalue weighted by atomic mass is 9.78. The van der Waals surface area contributed by atoms with Gasteiger partial charge in [0, 0.05) is 44.9 Å². The zero-order chi connectivity index (χ0) is 40.0. The van der Waals surface area contributed by atoms with E-state index in [-0.39, 0.29) is 61.5 Å². The Balaban J connectivity index is 1.81. The summed E-state index contributed by atoms with van der Waals surface area (Å²) >= 11 is 0. The van der Waals surface area contributed by atoms with Crippen LogP contribution in [0.1, 0.15) is 89.7 Å². The summed E-state index contributed by atoms with van der Waals surface area (Å²) in [5, 5.41) is 0. The van der Waals surface area contributed by atoms with Crippen molar-refractivity contribution in [3.63, 3.8) is 0 Å². The number of nitrogens with zero attached hydrogens (tertiary/aromatic N) is 3. The highest BCUT2D eigenvalue weighted by atomic mass is 16.6. The smallest absolute Gasteiger partial charge is 0.412 e. The molecule has 2 heterocycles. The minimum absolute atomic E-state index is 0.00365. The lowest BCUT2D eigenvalue weighted by Crippen LogP contribution is -2.43. The highest BCUT2D eigenvalue weighted by molar-refractivity contribution is 5.87. The fraction of sp³-hybridized carbons (Fsp3) is 0.675. The van der Waals surface area contributed by atoms with E-state index in [1.807, 2.05) is 32.0 Å². The summed E-state index contributed by atoms with van der Waals surface area (Å²) in [7, 11) is 4.95. The molecule has 1 aliphatic heterocycles. The molecule has 1 fully saturated rings. The fourth-order valence-electron chi connectivity index (χ4n) is 6.57. The number of Topliss-reactive ketones (excluding diaryl/α,β-unsaturated/α-hetero) is 1. The fourth-order valence-corrected chi connectivity index (χ4v) is 6.57. The van der Waals surface area contributed by atoms with E-state index in [1.54, 1.807) is 44.6 Å². The molecule has 1 aliphatic rings. The Hall–Kier alpha value is -4.17. The summed E-state index contributed by atoms with van der Waals surface area (Å²) in [5.74, 6) is 0.284. The molecule has 1 aromatic carbocycles. The number of nitrogens with two attached hydrogens (primary N) is 1. The SMILES string of the molecule is COCCCOc1cc(C[C@@H](C[C@H]2[C@H](C[C@H](C(=O)CCC(C)(C)C(N)=O)C(C)C)OCN2C(=O)OCCOC(=O)c2cncn2C)C(C)C)ccc1OC. The number of esters is 1. The molecule has 302 valence electrons. The minimum atomic E-state index is -0.809. The van der Waals surface area contributed by atoms with Crippen LogP contribution in [0.2, 0.25) is 0 Å². The van der Waals surface area contributed by atoms with Crippen molar-refractivity contribution >= 4 is 23.8 Å². The van der Waals surface area contributed by atoms with Crippen molar-refractivity contribution in [3.05, 3.63) is 42.0 Å². The third-order valence-corrected chi connectivity index (χ3v) is 10.4. The molecule has 1 saturated heterocycles. The first-order valence-electron chi connectivity index (χ1n) is 18.9. The lowest BCUT2D eigenvalue weighted by molar-refractivity contribution is -0.129. The second kappa shape index (κ2) is 21.1. The molecule has 0 spiro atoms. The molecule has 54 heavy (non-hydrogen) atoms. The number of rotatable bonds is 23. The predicted molar refractivity (Wildman–Crippen MR) is 202 cm³/mol. The molecule has 2 N–H and O–H groups in total. The van der Waals surface area contributed by atoms with E-state index >= 15 is 0 Å². The second-order valence-corrected chi connectivity index (χ2v) is 15.4. The topological polar surface area (TPSA) is 171 Å². The Bertz CT molecular complexity index is 1520. The van der Waals surface area contributed by atoms with Crippen LogP contribution in [0.5, 0.6) is 11.5 Å². The molecule has 0 aliphatic carbocycles. The van der Waals surface area contributed by atoms with Gasteiger partial charge in [0.1, 0.15) is 31.4 Å². The number of benzene rings is 1. The van der Waals surface area contributed by atoms with E-state index in [4.69, 9.17) is 34.2 Å². The molecule has 14 nitrogen and oxygen atoms in total. The van der Waals surface area contributed by atoms with Crippen molar-refractivity contribution < 1.29 is 47.6 Å². The standard InChI is InChI=1S/C40H62N4O10/c1-26(2)29(19-28-11-12-34(50-9)36(20-28)51-16-10-15-49-8)21-31-35(22-30(27(3)4)33(45)13-14-40(5,6)38(41)47)54-25-44(31)39(48)53-18-17-52-37(46)32-23-42-24-43(32)7/h11-12,20,23-24,26-27,29-31,35H,10,13-19,21-22,25H2,1-9H3,(H2,41,47)/t29-,30-,31-,35-/m0/s1. The van der Waals surface area contributed by atoms with Gasteiger partial charge < -0.3 is 38.7 Å². The number of methoxy groups -OCH3 is 2. The highest BCUT2D eigenvalue weighted by Gasteiger charge is 2.43. The average molecular weight is 759 g/mol. The van der Waals surface area contributed by atoms with Gasteiger partial charge in [-0.1, -0.05) is 47.6 Å². The molecular formula is C40H62N4O10. The van der Waals surface area contributed by atoms with Gasteiger partial charge in [-0.05, 0) is 61.1 Å². The number of imidazole rings is 1. The number of ether oxygens (including phenoxy) is 6. The van der Waals surface area contributed by atoms with E-state index in [0.29, 0.717) is 50.4 Å². The first kappa shape index (κ1) is 44.2. The van der Waals surface area contributed by atoms with Crippen molar-refractivity contribution in [1.82, 2.24) is 14.5 Å². The van der Waals surface area contributed by atoms with E-state index in [2.05, 4.69) is 18.8 Å². The van der Waals surface area contributed by atoms with Gasteiger partial charge in [-0.15, -0.1) is 0 Å². The Morgan fingerprint density at radius 2 is 1.70 bits per heavy atom. The summed E-state index contributed by atoms with van der Waals surface area (Å²) in [4.78, 5) is 57.2. The van der Waals surface area contributed by atoms with Gasteiger partial charge in [0.05, 0.1) is 38.4 Å². The van der Waals surface area contributed by atoms with Gasteiger partial charge in [0.2, 0.25) is 5.91 Å². The van der Waals surface area contributed by atoms with Crippen LogP contribution >= 0.6 is 0 Å². The van der Waals surface area contributed by atoms with Gasteiger partial charge in [0.25, 0.3) is 0 Å². The molecule has 0 unspecified atom stereocenters. The normalized spacial score (nSPS) is 17.1. The van der Waals surface area contributed by atoms with Crippen LogP contribution in [0, 0.1) is 29.1 Å². The van der Waals surface area contributed by atoms with Crippen LogP contribution in [-0.2, 0) is 42.0 Å². The van der Waals surface area contributed by atoms with Crippen molar-refractivity contribution in [2.75, 3.05) is 47.4 Å². The molecule has 2 aromatic rings. The number of aromatic nitrogens is 2. The summed E-state index contributed by atoms with van der Waals surface area (Å²) in [5.41, 5.74) is 6.12. The van der Waals surface area contributed by atoms with Crippen molar-refractivity contribution in [1.29, 1.82) is 0 Å². The molecule has 2 amide bonds. The molecule has 1 aromatic heterocycles. The Morgan fingerprint density at radius 1 is 0.981 bits per heavy atom. The van der Waals surface area contributed by atoms with E-state index in [9.17, 15) is 19.2 Å². The van der Waals surface area contributed by atoms with Crippen LogP contribution in [0.25, 0.3) is 0 Å². The Kier molecular flexibility index (Phi) is 17.2. The van der Waals surface area contributed by atoms with Gasteiger partial charge in [-0.3, -0.25) is 14.5 Å². The summed E-state index contributed by atoms with van der Waals surface area (Å²) in [6, 6.07) is 5.53. The predicted octanol–water partition coefficient (Wildman–Crippen LogP) is 5.59. The van der Waals surface area contributed by atoms with E-state index in [1.165, 1.54) is 12.5 Å². The molecule has 0 bridgehead atoms. The molecule has 14 heteroatoms. The minimum Gasteiger partial charge on any atom is -0.493 e. The highest BCUT2D eigenvalue weighted by Crippen LogP contribution is 2.36. The maximum Gasteiger partial charge on any atom is 0.412 e. The number of amides is 2. The Morgan fingerprint density at radius 3 is 2.31 bits per heavy atom. The van der Waals surface area contributed by atoms with Crippen molar-refractivity contribution in [3.8, 4) is 11.5 Å². The number of ketones is 1. The van der Waals surface area contributed by atoms with Crippen molar-refractivity contribution in [2.24, 2.45) is 41.9 Å². The zero-order valence-corrected chi connectivity index (χ0v) is 33.6. The Labute approximate surface area is 320 Å². The van der Waals surface area contributed by atoms with Gasteiger partial charge in [-0.2, -0.15) is 0 Å². The van der Waals surface area contributed by atoms with Crippen LogP contribution in [0.15, 0.2) is 30.7 Å². The maximum atomic E-state index is 13.7. The monoisotopic (exact) mass is 758 g/mol. The molecular weight excluding hydrogens is 696 g/mol. The first-order chi connectivity index (χ1) is 25.6. The number of hydrogen-bond donors (Lipinski definition) is 1. The second-order valence-electron chi connectivity index (χ2n) is 15.4. The van der Waals surface area contributed by atoms with Gasteiger partial charge in [0.15, 0.2) is 11.5 Å². The zero-order valence-electron chi connectivity index (χ0n) is 33.6. The summed E-state index contributed by atoms with van der Waals surface area (Å²) < 4.78 is 35.6. The first-order valence-corrected chi connectivity index (χ1v) is 18.9. The van der Waals surface area contributed by atoms with Gasteiger partial charge >= 0.3 is 12.1 Å². The third kappa shape index (κ3) is 12.7.